The zero-order valence-electron chi connectivity index (χ0n) is 26.3. The molecule has 1 saturated carbocycles. The summed E-state index contributed by atoms with van der Waals surface area (Å²) in [4.78, 5) is 2.43. The Morgan fingerprint density at radius 2 is 1.09 bits per heavy atom. The molecule has 9 rings (SSSR count). The average Bonchev–Trinajstić information content (AvgIpc) is 3.82. The highest BCUT2D eigenvalue weighted by Gasteiger charge is 2.25. The molecule has 7 aromatic carbocycles. The number of nitrogens with zero attached hydrogens (tertiary/aromatic N) is 1. The van der Waals surface area contributed by atoms with Crippen molar-refractivity contribution in [2.24, 2.45) is 0 Å². The van der Waals surface area contributed by atoms with E-state index < -0.39 is 0 Å². The van der Waals surface area contributed by atoms with Gasteiger partial charge in [-0.05, 0) is 83.0 Å². The average molecular weight is 606 g/mol. The lowest BCUT2D eigenvalue weighted by atomic mass is 9.92. The van der Waals surface area contributed by atoms with Crippen molar-refractivity contribution >= 4 is 49.8 Å². The normalized spacial score (nSPS) is 13.5. The van der Waals surface area contributed by atoms with E-state index in [0.29, 0.717) is 5.92 Å². The molecular weight excluding hydrogens is 571 g/mol. The van der Waals surface area contributed by atoms with E-state index in [1.807, 2.05) is 0 Å². The van der Waals surface area contributed by atoms with Crippen molar-refractivity contribution in [3.8, 4) is 22.3 Å². The molecule has 0 amide bonds. The van der Waals surface area contributed by atoms with Gasteiger partial charge in [-0.15, -0.1) is 0 Å². The number of hydrogen-bond donors (Lipinski definition) is 0. The van der Waals surface area contributed by atoms with Crippen LogP contribution in [-0.2, 0) is 0 Å². The molecule has 1 aliphatic carbocycles. The van der Waals surface area contributed by atoms with E-state index >= 15 is 0 Å². The van der Waals surface area contributed by atoms with Crippen LogP contribution in [0.3, 0.4) is 0 Å². The van der Waals surface area contributed by atoms with Gasteiger partial charge in [0.1, 0.15) is 11.2 Å². The fraction of sp³-hybridized carbons (Fsp3) is 0.111. The molecule has 1 fully saturated rings. The van der Waals surface area contributed by atoms with E-state index in [-0.39, 0.29) is 0 Å². The lowest BCUT2D eigenvalue weighted by Gasteiger charge is -2.28. The molecule has 8 aromatic rings. The van der Waals surface area contributed by atoms with Gasteiger partial charge in [0.2, 0.25) is 0 Å². The maximum atomic E-state index is 6.74. The molecule has 1 aromatic heterocycles. The van der Waals surface area contributed by atoms with Crippen LogP contribution in [0.25, 0.3) is 55.0 Å². The Balaban J connectivity index is 1.31. The van der Waals surface area contributed by atoms with E-state index in [4.69, 9.17) is 4.42 Å². The van der Waals surface area contributed by atoms with Crippen LogP contribution in [0.5, 0.6) is 0 Å². The molecule has 0 radical (unpaired) electrons. The van der Waals surface area contributed by atoms with Crippen molar-refractivity contribution in [2.45, 2.75) is 31.6 Å². The Hall–Kier alpha value is -5.60. The van der Waals surface area contributed by atoms with Crippen molar-refractivity contribution in [3.05, 3.63) is 163 Å². The summed E-state index contributed by atoms with van der Waals surface area (Å²) >= 11 is 0. The summed E-state index contributed by atoms with van der Waals surface area (Å²) in [6.45, 7) is 0. The smallest absolute Gasteiger partial charge is 0.143 e. The summed E-state index contributed by atoms with van der Waals surface area (Å²) in [7, 11) is 0. The summed E-state index contributed by atoms with van der Waals surface area (Å²) in [6, 6.07) is 57.0. The number of anilines is 3. The largest absolute Gasteiger partial charge is 0.455 e. The van der Waals surface area contributed by atoms with Crippen LogP contribution in [0.2, 0.25) is 0 Å². The molecule has 1 heterocycles. The van der Waals surface area contributed by atoms with Gasteiger partial charge in [-0.3, -0.25) is 0 Å². The fourth-order valence-corrected chi connectivity index (χ4v) is 7.73. The molecule has 0 aliphatic heterocycles. The van der Waals surface area contributed by atoms with Gasteiger partial charge < -0.3 is 9.32 Å². The second kappa shape index (κ2) is 11.6. The number of furan rings is 1. The molecule has 1 aliphatic rings. The lowest BCUT2D eigenvalue weighted by molar-refractivity contribution is 0.670. The summed E-state index contributed by atoms with van der Waals surface area (Å²) in [5.41, 5.74) is 11.6. The third-order valence-electron chi connectivity index (χ3n) is 9.99. The van der Waals surface area contributed by atoms with Gasteiger partial charge in [0.05, 0.1) is 5.69 Å². The fourth-order valence-electron chi connectivity index (χ4n) is 7.73. The van der Waals surface area contributed by atoms with Crippen LogP contribution >= 0.6 is 0 Å². The van der Waals surface area contributed by atoms with Gasteiger partial charge in [-0.25, -0.2) is 0 Å². The van der Waals surface area contributed by atoms with Crippen LogP contribution in [0.4, 0.5) is 17.1 Å². The number of hydrogen-bond acceptors (Lipinski definition) is 2. The second-order valence-electron chi connectivity index (χ2n) is 12.8. The van der Waals surface area contributed by atoms with Crippen molar-refractivity contribution in [3.63, 3.8) is 0 Å². The first-order valence-corrected chi connectivity index (χ1v) is 16.8. The van der Waals surface area contributed by atoms with E-state index in [9.17, 15) is 0 Å². The standard InChI is InChI=1S/C45H35NO/c1-3-13-31(14-4-1)33-25-27-36(28-26-33)46(37-20-11-19-35(29-37)32-15-5-2-6-16-32)42-30-41-44-38(34-17-7-8-18-34)23-12-24-43(44)47-45(41)40-22-10-9-21-39(40)42/h1-6,9-16,19-30,34H,7-8,17-18H2. The van der Waals surface area contributed by atoms with Crippen molar-refractivity contribution in [1.29, 1.82) is 0 Å². The predicted octanol–water partition coefficient (Wildman–Crippen LogP) is 13.2. The zero-order valence-corrected chi connectivity index (χ0v) is 26.3. The van der Waals surface area contributed by atoms with Crippen LogP contribution in [0.1, 0.15) is 37.2 Å². The predicted molar refractivity (Wildman–Crippen MR) is 198 cm³/mol. The first-order chi connectivity index (χ1) is 23.3. The van der Waals surface area contributed by atoms with Crippen molar-refractivity contribution in [2.75, 3.05) is 4.90 Å². The van der Waals surface area contributed by atoms with E-state index in [0.717, 1.165) is 33.6 Å². The third-order valence-corrected chi connectivity index (χ3v) is 9.99. The van der Waals surface area contributed by atoms with E-state index in [1.54, 1.807) is 0 Å². The topological polar surface area (TPSA) is 16.4 Å². The highest BCUT2D eigenvalue weighted by Crippen LogP contribution is 2.47. The highest BCUT2D eigenvalue weighted by atomic mass is 16.3. The molecule has 47 heavy (non-hydrogen) atoms. The Morgan fingerprint density at radius 1 is 0.468 bits per heavy atom. The van der Waals surface area contributed by atoms with Crippen LogP contribution < -0.4 is 4.90 Å². The highest BCUT2D eigenvalue weighted by molar-refractivity contribution is 6.20. The number of fused-ring (bicyclic) bond motifs is 5. The maximum Gasteiger partial charge on any atom is 0.143 e. The molecular formula is C45H35NO. The molecule has 0 bridgehead atoms. The van der Waals surface area contributed by atoms with Gasteiger partial charge in [0.15, 0.2) is 0 Å². The molecule has 2 nitrogen and oxygen atoms in total. The lowest BCUT2D eigenvalue weighted by Crippen LogP contribution is -2.10. The Morgan fingerprint density at radius 3 is 1.83 bits per heavy atom. The van der Waals surface area contributed by atoms with Gasteiger partial charge in [0, 0.05) is 32.9 Å². The SMILES string of the molecule is c1ccc(-c2ccc(N(c3cccc(-c4ccccc4)c3)c3cc4c(oc5cccc(C6CCCC6)c54)c4ccccc34)cc2)cc1. The van der Waals surface area contributed by atoms with Gasteiger partial charge in [-0.2, -0.15) is 0 Å². The van der Waals surface area contributed by atoms with Gasteiger partial charge in [-0.1, -0.05) is 134 Å². The Bertz CT molecular complexity index is 2350. The van der Waals surface area contributed by atoms with Crippen LogP contribution in [0, 0.1) is 0 Å². The minimum atomic E-state index is 0.582. The summed E-state index contributed by atoms with van der Waals surface area (Å²) in [6.07, 6.45) is 5.10. The molecule has 0 unspecified atom stereocenters. The first-order valence-electron chi connectivity index (χ1n) is 16.8. The van der Waals surface area contributed by atoms with Gasteiger partial charge >= 0.3 is 0 Å². The van der Waals surface area contributed by atoms with Crippen LogP contribution in [0.15, 0.2) is 162 Å². The summed E-state index contributed by atoms with van der Waals surface area (Å²) < 4.78 is 6.74. The number of rotatable bonds is 6. The Kier molecular flexibility index (Phi) is 6.86. The monoisotopic (exact) mass is 605 g/mol. The van der Waals surface area contributed by atoms with Crippen LogP contribution in [-0.4, -0.2) is 0 Å². The molecule has 0 atom stereocenters. The zero-order chi connectivity index (χ0) is 31.2. The molecule has 0 saturated heterocycles. The van der Waals surface area contributed by atoms with Crippen molar-refractivity contribution < 1.29 is 4.42 Å². The van der Waals surface area contributed by atoms with Crippen molar-refractivity contribution in [1.82, 2.24) is 0 Å². The molecule has 0 spiro atoms. The number of benzene rings is 7. The third kappa shape index (κ3) is 4.89. The Labute approximate surface area is 275 Å². The van der Waals surface area contributed by atoms with E-state index in [2.05, 4.69) is 163 Å². The first kappa shape index (κ1) is 27.7. The maximum absolute atomic E-state index is 6.74. The minimum Gasteiger partial charge on any atom is -0.455 e. The molecule has 226 valence electrons. The minimum absolute atomic E-state index is 0.582. The summed E-state index contributed by atoms with van der Waals surface area (Å²) in [5, 5.41) is 4.78. The second-order valence-corrected chi connectivity index (χ2v) is 12.8. The quantitative estimate of drug-likeness (QED) is 0.187. The molecule has 2 heteroatoms. The van der Waals surface area contributed by atoms with E-state index in [1.165, 1.54) is 69.7 Å². The van der Waals surface area contributed by atoms with Gasteiger partial charge in [0.25, 0.3) is 0 Å². The molecule has 0 N–H and O–H groups in total. The summed E-state index contributed by atoms with van der Waals surface area (Å²) in [5.74, 6) is 0.582.